The summed E-state index contributed by atoms with van der Waals surface area (Å²) in [5.74, 6) is -2.02. The number of aliphatic carboxylic acids is 1. The van der Waals surface area contributed by atoms with E-state index in [1.165, 1.54) is 0 Å². The highest BCUT2D eigenvalue weighted by Gasteiger charge is 2.33. The second kappa shape index (κ2) is 5.65. The number of carboxylic acid groups (broad SMARTS) is 1. The maximum Gasteiger partial charge on any atom is 0.323 e. The molecule has 0 heterocycles. The van der Waals surface area contributed by atoms with Crippen LogP contribution in [0.5, 0.6) is 0 Å². The normalized spacial score (nSPS) is 23.4. The van der Waals surface area contributed by atoms with E-state index >= 15 is 0 Å². The predicted octanol–water partition coefficient (Wildman–Crippen LogP) is -0.179. The molecular weight excluding hydrogens is 224 g/mol. The predicted molar refractivity (Wildman–Crippen MR) is 59.9 cm³/mol. The lowest BCUT2D eigenvalue weighted by atomic mass is 9.96. The Morgan fingerprint density at radius 3 is 2.35 bits per heavy atom. The largest absolute Gasteiger partial charge is 0.480 e. The molecule has 96 valence electrons. The highest BCUT2D eigenvalue weighted by atomic mass is 16.4. The first-order chi connectivity index (χ1) is 7.91. The Morgan fingerprint density at radius 1 is 1.29 bits per heavy atom. The van der Waals surface area contributed by atoms with Crippen molar-refractivity contribution in [3.63, 3.8) is 0 Å². The molecule has 2 amide bonds. The van der Waals surface area contributed by atoms with Gasteiger partial charge in [-0.05, 0) is 18.8 Å². The standard InChI is InChI=1S/C11H18N2O4/c1-7-3-2-4-8(7)11(17)13(5-9(12)14)6-10(15)16/h7-8H,2-6H2,1H3,(H2,12,14)(H,15,16). The van der Waals surface area contributed by atoms with Crippen molar-refractivity contribution in [1.29, 1.82) is 0 Å². The van der Waals surface area contributed by atoms with Crippen molar-refractivity contribution in [2.24, 2.45) is 17.6 Å². The van der Waals surface area contributed by atoms with Gasteiger partial charge in [-0.15, -0.1) is 0 Å². The Hall–Kier alpha value is -1.59. The minimum absolute atomic E-state index is 0.173. The summed E-state index contributed by atoms with van der Waals surface area (Å²) in [6.07, 6.45) is 2.69. The summed E-state index contributed by atoms with van der Waals surface area (Å²) in [6.45, 7) is 1.18. The second-order valence-electron chi connectivity index (χ2n) is 4.57. The van der Waals surface area contributed by atoms with Gasteiger partial charge in [0.05, 0.1) is 6.54 Å². The first-order valence-electron chi connectivity index (χ1n) is 5.70. The lowest BCUT2D eigenvalue weighted by Gasteiger charge is -2.24. The number of rotatable bonds is 5. The fraction of sp³-hybridized carbons (Fsp3) is 0.727. The van der Waals surface area contributed by atoms with Gasteiger partial charge in [-0.3, -0.25) is 14.4 Å². The van der Waals surface area contributed by atoms with Crippen LogP contribution in [0.1, 0.15) is 26.2 Å². The van der Waals surface area contributed by atoms with Crippen molar-refractivity contribution < 1.29 is 19.5 Å². The summed E-state index contributed by atoms with van der Waals surface area (Å²) < 4.78 is 0. The van der Waals surface area contributed by atoms with Gasteiger partial charge in [0, 0.05) is 5.92 Å². The molecule has 1 aliphatic rings. The molecule has 6 heteroatoms. The lowest BCUT2D eigenvalue weighted by Crippen LogP contribution is -2.44. The van der Waals surface area contributed by atoms with Crippen LogP contribution >= 0.6 is 0 Å². The maximum atomic E-state index is 12.1. The molecule has 1 aliphatic carbocycles. The zero-order valence-corrected chi connectivity index (χ0v) is 9.89. The quantitative estimate of drug-likeness (QED) is 0.698. The van der Waals surface area contributed by atoms with Crippen molar-refractivity contribution in [3.8, 4) is 0 Å². The highest BCUT2D eigenvalue weighted by molar-refractivity contribution is 5.88. The summed E-state index contributed by atoms with van der Waals surface area (Å²) in [5.41, 5.74) is 5.01. The van der Waals surface area contributed by atoms with Gasteiger partial charge in [0.1, 0.15) is 6.54 Å². The van der Waals surface area contributed by atoms with Crippen LogP contribution in [0, 0.1) is 11.8 Å². The first-order valence-corrected chi connectivity index (χ1v) is 5.70. The number of primary amides is 1. The Morgan fingerprint density at radius 2 is 1.94 bits per heavy atom. The molecule has 3 N–H and O–H groups in total. The molecule has 0 spiro atoms. The molecule has 0 saturated heterocycles. The van der Waals surface area contributed by atoms with E-state index in [1.54, 1.807) is 0 Å². The van der Waals surface area contributed by atoms with Gasteiger partial charge in [-0.1, -0.05) is 13.3 Å². The molecule has 0 radical (unpaired) electrons. The number of amides is 2. The van der Waals surface area contributed by atoms with Crippen LogP contribution in [-0.2, 0) is 14.4 Å². The van der Waals surface area contributed by atoms with Crippen molar-refractivity contribution in [2.75, 3.05) is 13.1 Å². The minimum atomic E-state index is -1.13. The molecule has 17 heavy (non-hydrogen) atoms. The second-order valence-corrected chi connectivity index (χ2v) is 4.57. The van der Waals surface area contributed by atoms with Gasteiger partial charge >= 0.3 is 5.97 Å². The average Bonchev–Trinajstić information content (AvgIpc) is 2.61. The minimum Gasteiger partial charge on any atom is -0.480 e. The number of nitrogens with two attached hydrogens (primary N) is 1. The monoisotopic (exact) mass is 242 g/mol. The van der Waals surface area contributed by atoms with E-state index < -0.39 is 18.4 Å². The summed E-state index contributed by atoms with van der Waals surface area (Å²) in [4.78, 5) is 34.6. The van der Waals surface area contributed by atoms with Crippen LogP contribution in [-0.4, -0.2) is 40.9 Å². The van der Waals surface area contributed by atoms with Crippen LogP contribution in [0.25, 0.3) is 0 Å². The van der Waals surface area contributed by atoms with Crippen LogP contribution < -0.4 is 5.73 Å². The van der Waals surface area contributed by atoms with E-state index in [-0.39, 0.29) is 24.3 Å². The van der Waals surface area contributed by atoms with E-state index in [9.17, 15) is 14.4 Å². The van der Waals surface area contributed by atoms with Crippen molar-refractivity contribution >= 4 is 17.8 Å². The number of nitrogens with zero attached hydrogens (tertiary/aromatic N) is 1. The van der Waals surface area contributed by atoms with Gasteiger partial charge in [0.25, 0.3) is 0 Å². The van der Waals surface area contributed by atoms with Gasteiger partial charge in [0.2, 0.25) is 11.8 Å². The summed E-state index contributed by atoms with van der Waals surface area (Å²) in [6, 6.07) is 0. The van der Waals surface area contributed by atoms with Crippen LogP contribution in [0.4, 0.5) is 0 Å². The van der Waals surface area contributed by atoms with E-state index in [4.69, 9.17) is 10.8 Å². The Balaban J connectivity index is 2.70. The molecule has 1 rings (SSSR count). The van der Waals surface area contributed by atoms with Gasteiger partial charge in [-0.2, -0.15) is 0 Å². The Kier molecular flexibility index (Phi) is 4.48. The maximum absolute atomic E-state index is 12.1. The smallest absolute Gasteiger partial charge is 0.323 e. The first kappa shape index (κ1) is 13.5. The Bertz CT molecular complexity index is 313. The third-order valence-corrected chi connectivity index (χ3v) is 3.16. The van der Waals surface area contributed by atoms with Crippen molar-refractivity contribution in [2.45, 2.75) is 26.2 Å². The summed E-state index contributed by atoms with van der Waals surface area (Å²) >= 11 is 0. The molecule has 1 saturated carbocycles. The third-order valence-electron chi connectivity index (χ3n) is 3.16. The molecule has 0 aromatic carbocycles. The third kappa shape index (κ3) is 3.72. The topological polar surface area (TPSA) is 101 Å². The summed E-state index contributed by atoms with van der Waals surface area (Å²) in [5, 5.41) is 8.71. The fourth-order valence-electron chi connectivity index (χ4n) is 2.31. The Labute approximate surface area is 99.8 Å². The van der Waals surface area contributed by atoms with Crippen molar-refractivity contribution in [1.82, 2.24) is 4.90 Å². The van der Waals surface area contributed by atoms with E-state index in [1.807, 2.05) is 6.92 Å². The highest BCUT2D eigenvalue weighted by Crippen LogP contribution is 2.32. The van der Waals surface area contributed by atoms with Crippen LogP contribution in [0.2, 0.25) is 0 Å². The SMILES string of the molecule is CC1CCCC1C(=O)N(CC(N)=O)CC(=O)O. The number of hydrogen-bond acceptors (Lipinski definition) is 3. The number of carbonyl (C=O) groups excluding carboxylic acids is 2. The number of hydrogen-bond donors (Lipinski definition) is 2. The molecule has 0 bridgehead atoms. The van der Waals surface area contributed by atoms with E-state index in [0.29, 0.717) is 0 Å². The number of carbonyl (C=O) groups is 3. The molecular formula is C11H18N2O4. The zero-order chi connectivity index (χ0) is 13.0. The molecule has 0 aromatic heterocycles. The van der Waals surface area contributed by atoms with Gasteiger partial charge in [0.15, 0.2) is 0 Å². The van der Waals surface area contributed by atoms with E-state index in [2.05, 4.69) is 0 Å². The molecule has 0 aromatic rings. The van der Waals surface area contributed by atoms with Crippen LogP contribution in [0.15, 0.2) is 0 Å². The molecule has 6 nitrogen and oxygen atoms in total. The van der Waals surface area contributed by atoms with Crippen molar-refractivity contribution in [3.05, 3.63) is 0 Å². The summed E-state index contributed by atoms with van der Waals surface area (Å²) in [7, 11) is 0. The number of carboxylic acids is 1. The van der Waals surface area contributed by atoms with Gasteiger partial charge in [-0.25, -0.2) is 0 Å². The fourth-order valence-corrected chi connectivity index (χ4v) is 2.31. The zero-order valence-electron chi connectivity index (χ0n) is 9.89. The van der Waals surface area contributed by atoms with Gasteiger partial charge < -0.3 is 15.7 Å². The van der Waals surface area contributed by atoms with E-state index in [0.717, 1.165) is 24.2 Å². The lowest BCUT2D eigenvalue weighted by molar-refractivity contribution is -0.148. The molecule has 1 fully saturated rings. The van der Waals surface area contributed by atoms with Crippen LogP contribution in [0.3, 0.4) is 0 Å². The average molecular weight is 242 g/mol. The molecule has 2 atom stereocenters. The molecule has 0 aliphatic heterocycles. The molecule has 2 unspecified atom stereocenters.